The van der Waals surface area contributed by atoms with Gasteiger partial charge in [-0.15, -0.1) is 6.42 Å². The minimum atomic E-state index is -4.75. The summed E-state index contributed by atoms with van der Waals surface area (Å²) in [6.45, 7) is 0.604. The maximum atomic E-state index is 12.0. The Bertz CT molecular complexity index is 224. The lowest BCUT2D eigenvalue weighted by atomic mass is 9.95. The van der Waals surface area contributed by atoms with Crippen LogP contribution < -0.4 is 5.73 Å². The molecule has 5 heteroatoms. The topological polar surface area (TPSA) is 43.1 Å². The summed E-state index contributed by atoms with van der Waals surface area (Å²) in [7, 11) is 0. The number of Topliss-reactive ketones (excluding diaryl/α,β-unsaturated/α-hetero) is 1. The molecule has 1 atom stereocenters. The predicted molar refractivity (Wildman–Crippen MR) is 37.1 cm³/mol. The number of carbonyl (C=O) groups excluding carboxylic acids is 1. The number of hydrogen-bond acceptors (Lipinski definition) is 2. The highest BCUT2D eigenvalue weighted by Gasteiger charge is 2.52. The van der Waals surface area contributed by atoms with Crippen LogP contribution in [0.2, 0.25) is 0 Å². The molecule has 0 radical (unpaired) electrons. The van der Waals surface area contributed by atoms with E-state index in [0.717, 1.165) is 0 Å². The molecular weight excluding hydrogens is 171 g/mol. The van der Waals surface area contributed by atoms with Gasteiger partial charge in [0.15, 0.2) is 11.3 Å². The second-order valence-corrected chi connectivity index (χ2v) is 2.50. The smallest absolute Gasteiger partial charge is 0.312 e. The van der Waals surface area contributed by atoms with Crippen LogP contribution >= 0.6 is 0 Å². The summed E-state index contributed by atoms with van der Waals surface area (Å²) in [4.78, 5) is 10.7. The molecule has 0 spiro atoms. The summed E-state index contributed by atoms with van der Waals surface area (Å²) >= 11 is 0. The average molecular weight is 179 g/mol. The van der Waals surface area contributed by atoms with Crippen LogP contribution in [0.3, 0.4) is 0 Å². The van der Waals surface area contributed by atoms with Crippen LogP contribution in [0.15, 0.2) is 0 Å². The molecule has 0 aromatic carbocycles. The quantitative estimate of drug-likeness (QED) is 0.639. The summed E-state index contributed by atoms with van der Waals surface area (Å²) in [5.74, 6) is 0.619. The third-order valence-corrected chi connectivity index (χ3v) is 1.43. The molecule has 0 fully saturated rings. The number of hydrogen-bond donors (Lipinski definition) is 1. The van der Waals surface area contributed by atoms with Gasteiger partial charge in [0.1, 0.15) is 0 Å². The van der Waals surface area contributed by atoms with Gasteiger partial charge in [0.05, 0.1) is 6.42 Å². The van der Waals surface area contributed by atoms with Gasteiger partial charge in [-0.05, 0) is 6.92 Å². The van der Waals surface area contributed by atoms with Gasteiger partial charge in [-0.3, -0.25) is 4.79 Å². The lowest BCUT2D eigenvalue weighted by Gasteiger charge is -2.24. The van der Waals surface area contributed by atoms with Crippen molar-refractivity contribution in [1.29, 1.82) is 0 Å². The molecule has 0 rings (SSSR count). The number of ketones is 1. The van der Waals surface area contributed by atoms with E-state index in [-0.39, 0.29) is 0 Å². The zero-order chi connectivity index (χ0) is 9.99. The first kappa shape index (κ1) is 11.0. The fourth-order valence-corrected chi connectivity index (χ4v) is 0.434. The third-order valence-electron chi connectivity index (χ3n) is 1.43. The molecule has 68 valence electrons. The van der Waals surface area contributed by atoms with Crippen molar-refractivity contribution in [2.45, 2.75) is 25.1 Å². The van der Waals surface area contributed by atoms with E-state index in [4.69, 9.17) is 5.73 Å². The summed E-state index contributed by atoms with van der Waals surface area (Å²) in [5.41, 5.74) is 1.92. The number of carbonyl (C=O) groups is 1. The van der Waals surface area contributed by atoms with Crippen LogP contribution in [0.4, 0.5) is 13.2 Å². The Hall–Kier alpha value is -1.02. The molecule has 1 unspecified atom stereocenters. The van der Waals surface area contributed by atoms with Crippen molar-refractivity contribution in [2.24, 2.45) is 5.73 Å². The Kier molecular flexibility index (Phi) is 2.88. The highest BCUT2D eigenvalue weighted by atomic mass is 19.4. The molecule has 2 N–H and O–H groups in total. The maximum absolute atomic E-state index is 12.0. The largest absolute Gasteiger partial charge is 0.413 e. The van der Waals surface area contributed by atoms with Crippen LogP contribution in [0.1, 0.15) is 13.3 Å². The van der Waals surface area contributed by atoms with Crippen LogP contribution in [-0.4, -0.2) is 17.5 Å². The molecule has 0 aromatic rings. The second-order valence-electron chi connectivity index (χ2n) is 2.50. The Morgan fingerprint density at radius 3 is 2.25 bits per heavy atom. The van der Waals surface area contributed by atoms with Crippen LogP contribution in [-0.2, 0) is 4.79 Å². The first-order chi connectivity index (χ1) is 5.23. The minimum Gasteiger partial charge on any atom is -0.312 e. The summed E-state index contributed by atoms with van der Waals surface area (Å²) in [6, 6.07) is 0. The molecule has 12 heavy (non-hydrogen) atoms. The van der Waals surface area contributed by atoms with Crippen LogP contribution in [0.25, 0.3) is 0 Å². The summed E-state index contributed by atoms with van der Waals surface area (Å²) < 4.78 is 36.0. The summed E-state index contributed by atoms with van der Waals surface area (Å²) in [6.07, 6.45) is -0.678. The van der Waals surface area contributed by atoms with Gasteiger partial charge in [-0.25, -0.2) is 0 Å². The highest BCUT2D eigenvalue weighted by molar-refractivity contribution is 5.90. The Morgan fingerprint density at radius 1 is 1.58 bits per heavy atom. The van der Waals surface area contributed by atoms with E-state index in [9.17, 15) is 18.0 Å². The first-order valence-electron chi connectivity index (χ1n) is 3.06. The van der Waals surface area contributed by atoms with Crippen LogP contribution in [0, 0.1) is 12.3 Å². The zero-order valence-corrected chi connectivity index (χ0v) is 6.40. The van der Waals surface area contributed by atoms with E-state index in [2.05, 4.69) is 6.42 Å². The fourth-order valence-electron chi connectivity index (χ4n) is 0.434. The molecule has 0 aromatic heterocycles. The van der Waals surface area contributed by atoms with Crippen molar-refractivity contribution < 1.29 is 18.0 Å². The Labute approximate surface area is 67.9 Å². The van der Waals surface area contributed by atoms with Gasteiger partial charge < -0.3 is 5.73 Å². The van der Waals surface area contributed by atoms with Crippen molar-refractivity contribution in [2.75, 3.05) is 0 Å². The Morgan fingerprint density at radius 2 is 2.00 bits per heavy atom. The van der Waals surface area contributed by atoms with Crippen LogP contribution in [0.5, 0.6) is 0 Å². The SMILES string of the molecule is C#CCC(=O)C(C)(N)C(F)(F)F. The Balaban J connectivity index is 4.64. The standard InChI is InChI=1S/C7H8F3NO/c1-3-4-5(12)6(2,11)7(8,9)10/h1H,4,11H2,2H3. The lowest BCUT2D eigenvalue weighted by Crippen LogP contribution is -2.56. The molecule has 0 aliphatic rings. The van der Waals surface area contributed by atoms with E-state index >= 15 is 0 Å². The molecule has 2 nitrogen and oxygen atoms in total. The lowest BCUT2D eigenvalue weighted by molar-refractivity contribution is -0.185. The van der Waals surface area contributed by atoms with Gasteiger partial charge in [0.25, 0.3) is 0 Å². The zero-order valence-electron chi connectivity index (χ0n) is 6.40. The second kappa shape index (κ2) is 3.15. The molecule has 0 aliphatic carbocycles. The number of nitrogens with two attached hydrogens (primary N) is 1. The van der Waals surface area contributed by atoms with Crippen molar-refractivity contribution >= 4 is 5.78 Å². The van der Waals surface area contributed by atoms with E-state index in [0.29, 0.717) is 6.92 Å². The van der Waals surface area contributed by atoms with Crippen molar-refractivity contribution in [3.8, 4) is 12.3 Å². The van der Waals surface area contributed by atoms with Crippen molar-refractivity contribution in [1.82, 2.24) is 0 Å². The normalized spacial score (nSPS) is 16.3. The predicted octanol–water partition coefficient (Wildman–Crippen LogP) is 0.859. The molecule has 0 heterocycles. The van der Waals surface area contributed by atoms with E-state index in [1.54, 1.807) is 0 Å². The monoisotopic (exact) mass is 179 g/mol. The number of halogens is 3. The first-order valence-corrected chi connectivity index (χ1v) is 3.06. The van der Waals surface area contributed by atoms with Crippen molar-refractivity contribution in [3.63, 3.8) is 0 Å². The molecule has 0 amide bonds. The van der Waals surface area contributed by atoms with E-state index < -0.39 is 23.9 Å². The fraction of sp³-hybridized carbons (Fsp3) is 0.571. The number of rotatable bonds is 2. The van der Waals surface area contributed by atoms with Crippen molar-refractivity contribution in [3.05, 3.63) is 0 Å². The van der Waals surface area contributed by atoms with Gasteiger partial charge in [-0.1, -0.05) is 5.92 Å². The van der Waals surface area contributed by atoms with Gasteiger partial charge >= 0.3 is 6.18 Å². The molecule has 0 saturated heterocycles. The van der Waals surface area contributed by atoms with Gasteiger partial charge in [0, 0.05) is 0 Å². The average Bonchev–Trinajstić information content (AvgIpc) is 1.85. The third kappa shape index (κ3) is 1.98. The van der Waals surface area contributed by atoms with Gasteiger partial charge in [-0.2, -0.15) is 13.2 Å². The molecule has 0 bridgehead atoms. The highest BCUT2D eigenvalue weighted by Crippen LogP contribution is 2.29. The molecule has 0 aliphatic heterocycles. The summed E-state index contributed by atoms with van der Waals surface area (Å²) in [5, 5.41) is 0. The molecule has 0 saturated carbocycles. The van der Waals surface area contributed by atoms with Gasteiger partial charge in [0.2, 0.25) is 0 Å². The maximum Gasteiger partial charge on any atom is 0.413 e. The molecular formula is C7H8F3NO. The number of alkyl halides is 3. The van der Waals surface area contributed by atoms with E-state index in [1.165, 1.54) is 0 Å². The number of terminal acetylenes is 1. The minimum absolute atomic E-state index is 0.604. The van der Waals surface area contributed by atoms with E-state index in [1.807, 2.05) is 5.92 Å².